The van der Waals surface area contributed by atoms with Crippen molar-refractivity contribution in [3.05, 3.63) is 101 Å². The number of carbonyl (C=O) groups is 8. The minimum atomic E-state index is -1.67. The van der Waals surface area contributed by atoms with Gasteiger partial charge in [-0.25, -0.2) is 9.97 Å². The molecule has 0 saturated carbocycles. The van der Waals surface area contributed by atoms with Gasteiger partial charge in [-0.2, -0.15) is 4.98 Å². The van der Waals surface area contributed by atoms with E-state index in [1.807, 2.05) is 21.6 Å². The molecule has 2 saturated heterocycles. The smallest absolute Gasteiger partial charge is 0.317 e. The van der Waals surface area contributed by atoms with Crippen LogP contribution in [-0.2, 0) is 40.1 Å². The molecule has 0 bridgehead atoms. The highest BCUT2D eigenvalue weighted by atomic mass is 16.5. The number of carboxylic acid groups (broad SMARTS) is 3. The fraction of sp³-hybridized carbons (Fsp3) is 0.492. The van der Waals surface area contributed by atoms with Crippen LogP contribution in [0.3, 0.4) is 0 Å². The Kier molecular flexibility index (Phi) is 30.0. The Hall–Kier alpha value is -9.24. The van der Waals surface area contributed by atoms with Gasteiger partial charge in [0.1, 0.15) is 6.04 Å². The van der Waals surface area contributed by atoms with Crippen LogP contribution in [0.2, 0.25) is 0 Å². The number of nitrogen functional groups attached to an aromatic ring is 1. The lowest BCUT2D eigenvalue weighted by Crippen LogP contribution is -2.49. The summed E-state index contributed by atoms with van der Waals surface area (Å²) in [6.07, 6.45) is -2.24. The lowest BCUT2D eigenvalue weighted by molar-refractivity contribution is -0.140. The van der Waals surface area contributed by atoms with Gasteiger partial charge >= 0.3 is 17.9 Å². The lowest BCUT2D eigenvalue weighted by Gasteiger charge is -2.33. The van der Waals surface area contributed by atoms with Crippen molar-refractivity contribution in [1.82, 2.24) is 64.5 Å². The van der Waals surface area contributed by atoms with Crippen molar-refractivity contribution in [2.75, 3.05) is 189 Å². The quantitative estimate of drug-likeness (QED) is 0.0226. The van der Waals surface area contributed by atoms with Gasteiger partial charge in [-0.1, -0.05) is 6.92 Å². The second-order valence-electron chi connectivity index (χ2n) is 23.8. The van der Waals surface area contributed by atoms with Crippen LogP contribution in [0.1, 0.15) is 35.8 Å². The molecule has 1 atom stereocenters. The number of hydrogen-bond donors (Lipinski definition) is 15. The Labute approximate surface area is 564 Å². The zero-order valence-corrected chi connectivity index (χ0v) is 54.6. The monoisotopic (exact) mass is 1370 g/mol. The molecular formula is C63H89N19O16. The van der Waals surface area contributed by atoms with Crippen molar-refractivity contribution >= 4 is 93.0 Å². The molecule has 1 unspecified atom stereocenters. The summed E-state index contributed by atoms with van der Waals surface area (Å²) < 4.78 is 0. The number of nitrogens with one attached hydrogen (secondary N) is 7. The van der Waals surface area contributed by atoms with Crippen LogP contribution in [-0.4, -0.2) is 318 Å². The van der Waals surface area contributed by atoms with Crippen LogP contribution in [0, 0.1) is 0 Å². The minimum Gasteiger partial charge on any atom is -0.480 e. The van der Waals surface area contributed by atoms with Gasteiger partial charge in [-0.15, -0.1) is 0 Å². The Balaban J connectivity index is 0.980. The molecule has 35 heteroatoms. The maximum atomic E-state index is 14.2. The molecule has 35 nitrogen and oxygen atoms in total. The van der Waals surface area contributed by atoms with Crippen molar-refractivity contribution in [2.24, 2.45) is 0 Å². The number of aliphatic hydroxyl groups is 4. The maximum absolute atomic E-state index is 14.2. The number of aromatic nitrogens is 4. The number of aliphatic hydroxyl groups excluding tert-OH is 2. The number of β-amino-alcohol motifs (C(OH)–C–C–N with tert-alkyl or cyclic N) is 4. The molecule has 7 rings (SSSR count). The van der Waals surface area contributed by atoms with E-state index in [-0.39, 0.29) is 152 Å². The van der Waals surface area contributed by atoms with Crippen LogP contribution in [0.25, 0.3) is 11.2 Å². The van der Waals surface area contributed by atoms with Gasteiger partial charge in [0.2, 0.25) is 29.6 Å². The van der Waals surface area contributed by atoms with Gasteiger partial charge < -0.3 is 78.3 Å². The summed E-state index contributed by atoms with van der Waals surface area (Å²) in [6, 6.07) is 17.4. The zero-order valence-electron chi connectivity index (χ0n) is 54.6. The molecule has 0 spiro atoms. The fourth-order valence-corrected chi connectivity index (χ4v) is 11.0. The maximum Gasteiger partial charge on any atom is 0.317 e. The molecule has 16 N–H and O–H groups in total. The van der Waals surface area contributed by atoms with Crippen LogP contribution >= 0.6 is 0 Å². The summed E-state index contributed by atoms with van der Waals surface area (Å²) in [5, 5.41) is 85.2. The Morgan fingerprint density at radius 2 is 0.878 bits per heavy atom. The number of benzene rings is 3. The first kappa shape index (κ1) is 76.1. The molecule has 98 heavy (non-hydrogen) atoms. The number of H-pyrrole nitrogens is 1. The molecule has 5 aromatic rings. The van der Waals surface area contributed by atoms with E-state index < -0.39 is 65.7 Å². The number of rotatable bonds is 28. The minimum absolute atomic E-state index is 0.00299. The summed E-state index contributed by atoms with van der Waals surface area (Å²) in [4.78, 5) is 146. The van der Waals surface area contributed by atoms with Crippen molar-refractivity contribution < 1.29 is 74.1 Å². The second-order valence-corrected chi connectivity index (χ2v) is 23.8. The fourth-order valence-electron chi connectivity index (χ4n) is 11.0. The van der Waals surface area contributed by atoms with Gasteiger partial charge in [-0.3, -0.25) is 82.4 Å². The molecular weight excluding hydrogens is 1280 g/mol. The highest BCUT2D eigenvalue weighted by molar-refractivity contribution is 6.02. The van der Waals surface area contributed by atoms with Crippen molar-refractivity contribution in [2.45, 2.75) is 44.9 Å². The lowest BCUT2D eigenvalue weighted by atomic mass is 10.1. The predicted octanol–water partition coefficient (Wildman–Crippen LogP) is -2.72. The first-order valence-electron chi connectivity index (χ1n) is 32.1. The molecule has 2 fully saturated rings. The molecule has 0 aliphatic carbocycles. The summed E-state index contributed by atoms with van der Waals surface area (Å²) in [5.74, 6) is -5.85. The average Bonchev–Trinajstić information content (AvgIpc) is 0.822. The summed E-state index contributed by atoms with van der Waals surface area (Å²) in [6.45, 7) is 7.53. The summed E-state index contributed by atoms with van der Waals surface area (Å²) >= 11 is 0. The van der Waals surface area contributed by atoms with Gasteiger partial charge in [0.15, 0.2) is 23.7 Å². The average molecular weight is 1370 g/mol. The summed E-state index contributed by atoms with van der Waals surface area (Å²) in [7, 11) is 0. The van der Waals surface area contributed by atoms with Gasteiger partial charge in [0.25, 0.3) is 11.5 Å². The molecule has 532 valence electrons. The standard InChI is InChI=1S/C63H89N19O16/c1-2-75-17-19-78(37-53(86)87)25-21-76(22-26-79(20-18-75)38-54(88)89)36-52(85)69-46-11-13-47(14-12-46)71-61(97)49(72-60(96)42-3-5-43(6-4-42)65-33-48-34-66-59-58(70-48)62(98)74-63(64)73-59)15-16-50(83)67-44-7-9-45(10-8-44)68-51(84)35-77-23-27-80(39-55(90)91)29-31-82(41-57(94)95)32-30-81(28-24-77)40-56(92)93/h3-14,34,49,53,55,65,86-87,90-91H,2,15-33,35-41H2,1H3,(H,67,83)(H,68,84)(H,69,85)(H,71,97)(H,72,96)(H,88,89)(H,92,93)(H,94,95)(H3,64,66,73,74,98). The largest absolute Gasteiger partial charge is 0.480 e. The van der Waals surface area contributed by atoms with Crippen LogP contribution < -0.4 is 43.2 Å². The van der Waals surface area contributed by atoms with Gasteiger partial charge in [-0.05, 0) is 85.8 Å². The Bertz CT molecular complexity index is 3520. The third-order valence-electron chi connectivity index (χ3n) is 16.2. The highest BCUT2D eigenvalue weighted by Crippen LogP contribution is 2.19. The highest BCUT2D eigenvalue weighted by Gasteiger charge is 2.26. The molecule has 0 radical (unpaired) electrons. The van der Waals surface area contributed by atoms with Crippen LogP contribution in [0.4, 0.5) is 34.4 Å². The molecule has 5 amide bonds. The molecule has 3 aromatic carbocycles. The predicted molar refractivity (Wildman–Crippen MR) is 361 cm³/mol. The molecule has 4 heterocycles. The number of amides is 5. The van der Waals surface area contributed by atoms with E-state index in [0.717, 1.165) is 6.54 Å². The number of nitrogens with two attached hydrogens (primary N) is 1. The van der Waals surface area contributed by atoms with Crippen molar-refractivity contribution in [3.8, 4) is 0 Å². The summed E-state index contributed by atoms with van der Waals surface area (Å²) in [5.41, 5.74) is 7.70. The van der Waals surface area contributed by atoms with Crippen molar-refractivity contribution in [1.29, 1.82) is 0 Å². The number of fused-ring (bicyclic) bond motifs is 1. The number of aliphatic carboxylic acids is 3. The number of carbonyl (C=O) groups excluding carboxylic acids is 5. The van der Waals surface area contributed by atoms with Crippen LogP contribution in [0.5, 0.6) is 0 Å². The molecule has 2 aliphatic heterocycles. The SMILES string of the molecule is CCN1CCN(CC(=O)O)CCN(CC(=O)Nc2ccc(NC(=O)C(CCC(=O)Nc3ccc(NC(=O)CN4CCN(CC(=O)O)CCN(CC(=O)O)CCN(CC(O)O)CC4)cc3)NC(=O)c3ccc(NCc4cnc5nc(N)[nH]c(=O)c5n4)cc3)cc2)CCN(CC(O)O)CC1. The number of hydrogen-bond acceptors (Lipinski definition) is 26. The van der Waals surface area contributed by atoms with E-state index in [9.17, 15) is 78.9 Å². The number of nitrogens with zero attached hydrogens (tertiary/aromatic N) is 11. The normalized spacial score (nSPS) is 16.6. The van der Waals surface area contributed by atoms with E-state index in [4.69, 9.17) is 5.73 Å². The number of anilines is 6. The van der Waals surface area contributed by atoms with Crippen molar-refractivity contribution in [3.63, 3.8) is 0 Å². The van der Waals surface area contributed by atoms with E-state index in [2.05, 4.69) is 56.7 Å². The van der Waals surface area contributed by atoms with Gasteiger partial charge in [0.05, 0.1) is 51.2 Å². The number of carboxylic acids is 3. The third-order valence-corrected chi connectivity index (χ3v) is 16.2. The van der Waals surface area contributed by atoms with Crippen LogP contribution in [0.15, 0.2) is 83.8 Å². The Morgan fingerprint density at radius 1 is 0.500 bits per heavy atom. The number of aromatic amines is 1. The molecule has 2 aromatic heterocycles. The third kappa shape index (κ3) is 27.0. The number of likely N-dealkylation sites (N-methyl/N-ethyl adjacent to an activating group) is 1. The second kappa shape index (κ2) is 38.6. The Morgan fingerprint density at radius 3 is 1.29 bits per heavy atom. The zero-order chi connectivity index (χ0) is 70.7. The topological polar surface area (TPSA) is 474 Å². The molecule has 2 aliphatic rings. The van der Waals surface area contributed by atoms with E-state index in [0.29, 0.717) is 80.8 Å². The first-order chi connectivity index (χ1) is 46.9. The first-order valence-corrected chi connectivity index (χ1v) is 32.1. The van der Waals surface area contributed by atoms with E-state index in [1.54, 1.807) is 80.3 Å². The van der Waals surface area contributed by atoms with E-state index in [1.165, 1.54) is 18.3 Å². The van der Waals surface area contributed by atoms with E-state index >= 15 is 0 Å². The van der Waals surface area contributed by atoms with Gasteiger partial charge in [0, 0.05) is 158 Å².